The van der Waals surface area contributed by atoms with Crippen LogP contribution in [0.1, 0.15) is 0 Å². The first-order valence-corrected chi connectivity index (χ1v) is 9.26. The first-order valence-electron chi connectivity index (χ1n) is 5.90. The van der Waals surface area contributed by atoms with E-state index in [0.717, 1.165) is 12.2 Å². The van der Waals surface area contributed by atoms with Gasteiger partial charge in [-0.15, -0.1) is 13.2 Å². The number of amides is 1. The quantitative estimate of drug-likeness (QED) is 0.368. The Morgan fingerprint density at radius 2 is 1.73 bits per heavy atom. The fourth-order valence-electron chi connectivity index (χ4n) is 1.85. The standard InChI is InChI=1S/C10H17N3O7P2/c1-4-7(21(15,16)17)11-10-12(3)6-8(14)13(10)9(5-2)22(18,19)20/h4-5,7,9H,1-2,6H2,3H3,(H2,15,16,17)(H2,18,19,20). The second kappa shape index (κ2) is 6.45. The zero-order chi connectivity index (χ0) is 17.3. The number of guanidine groups is 1. The van der Waals surface area contributed by atoms with Crippen LogP contribution in [-0.4, -0.2) is 66.4 Å². The molecule has 1 amide bonds. The van der Waals surface area contributed by atoms with Crippen LogP contribution in [0, 0.1) is 0 Å². The van der Waals surface area contributed by atoms with Crippen molar-refractivity contribution in [2.45, 2.75) is 11.6 Å². The fourth-order valence-corrected chi connectivity index (χ4v) is 3.18. The summed E-state index contributed by atoms with van der Waals surface area (Å²) in [5.74, 6) is -4.26. The Morgan fingerprint density at radius 1 is 1.18 bits per heavy atom. The van der Waals surface area contributed by atoms with Crippen molar-refractivity contribution in [2.24, 2.45) is 4.99 Å². The molecule has 0 aromatic heterocycles. The number of hydrogen-bond donors (Lipinski definition) is 4. The summed E-state index contributed by atoms with van der Waals surface area (Å²) in [6.07, 6.45) is 1.77. The van der Waals surface area contributed by atoms with Gasteiger partial charge in [0.25, 0.3) is 0 Å². The molecule has 0 saturated carbocycles. The van der Waals surface area contributed by atoms with Crippen molar-refractivity contribution in [1.29, 1.82) is 0 Å². The highest BCUT2D eigenvalue weighted by Crippen LogP contribution is 2.46. The van der Waals surface area contributed by atoms with E-state index in [1.165, 1.54) is 11.9 Å². The van der Waals surface area contributed by atoms with Gasteiger partial charge < -0.3 is 24.5 Å². The number of rotatable bonds is 6. The van der Waals surface area contributed by atoms with Crippen LogP contribution in [0.5, 0.6) is 0 Å². The summed E-state index contributed by atoms with van der Waals surface area (Å²) in [4.78, 5) is 54.6. The minimum absolute atomic E-state index is 0.242. The highest BCUT2D eigenvalue weighted by molar-refractivity contribution is 7.53. The van der Waals surface area contributed by atoms with E-state index in [2.05, 4.69) is 18.2 Å². The molecule has 0 aromatic rings. The Hall–Kier alpha value is -1.28. The van der Waals surface area contributed by atoms with Gasteiger partial charge in [-0.05, 0) is 0 Å². The third kappa shape index (κ3) is 3.92. The topological polar surface area (TPSA) is 151 Å². The van der Waals surface area contributed by atoms with Gasteiger partial charge in [0.1, 0.15) is 6.54 Å². The Bertz CT molecular complexity index is 608. The molecule has 22 heavy (non-hydrogen) atoms. The van der Waals surface area contributed by atoms with E-state index in [4.69, 9.17) is 9.79 Å². The molecule has 2 atom stereocenters. The predicted octanol–water partition coefficient (Wildman–Crippen LogP) is -0.504. The van der Waals surface area contributed by atoms with Gasteiger partial charge in [0, 0.05) is 7.05 Å². The van der Waals surface area contributed by atoms with Gasteiger partial charge in [0.2, 0.25) is 11.9 Å². The maximum Gasteiger partial charge on any atom is 0.353 e. The monoisotopic (exact) mass is 353 g/mol. The molecular weight excluding hydrogens is 336 g/mol. The molecule has 124 valence electrons. The first-order chi connectivity index (χ1) is 9.93. The second-order valence-electron chi connectivity index (χ2n) is 4.53. The average Bonchev–Trinajstić information content (AvgIpc) is 2.59. The fraction of sp³-hybridized carbons (Fsp3) is 0.400. The molecule has 1 rings (SSSR count). The van der Waals surface area contributed by atoms with Crippen LogP contribution in [0.4, 0.5) is 0 Å². The maximum atomic E-state index is 12.0. The summed E-state index contributed by atoms with van der Waals surface area (Å²) in [5.41, 5.74) is 0. The Balaban J connectivity index is 3.39. The van der Waals surface area contributed by atoms with E-state index >= 15 is 0 Å². The van der Waals surface area contributed by atoms with Crippen molar-refractivity contribution in [1.82, 2.24) is 9.80 Å². The van der Waals surface area contributed by atoms with Crippen LogP contribution < -0.4 is 0 Å². The summed E-state index contributed by atoms with van der Waals surface area (Å²) in [5, 5.41) is 0. The maximum absolute atomic E-state index is 12.0. The molecule has 0 radical (unpaired) electrons. The first kappa shape index (κ1) is 18.8. The Morgan fingerprint density at radius 3 is 2.09 bits per heavy atom. The van der Waals surface area contributed by atoms with E-state index in [1.807, 2.05) is 0 Å². The van der Waals surface area contributed by atoms with Gasteiger partial charge in [-0.2, -0.15) is 0 Å². The SMILES string of the molecule is C=CC(N=C1N(C)CC(=O)N1C(C=C)P(=O)(O)O)P(=O)(O)O. The molecule has 1 saturated heterocycles. The van der Waals surface area contributed by atoms with Gasteiger partial charge in [-0.3, -0.25) is 18.8 Å². The molecule has 0 spiro atoms. The van der Waals surface area contributed by atoms with Gasteiger partial charge in [0.15, 0.2) is 11.6 Å². The van der Waals surface area contributed by atoms with Crippen LogP contribution in [0.3, 0.4) is 0 Å². The molecule has 1 aliphatic heterocycles. The lowest BCUT2D eigenvalue weighted by Crippen LogP contribution is -2.41. The summed E-state index contributed by atoms with van der Waals surface area (Å²) < 4.78 is 22.8. The van der Waals surface area contributed by atoms with Crippen LogP contribution in [0.2, 0.25) is 0 Å². The molecule has 1 fully saturated rings. The molecule has 12 heteroatoms. The van der Waals surface area contributed by atoms with E-state index in [1.54, 1.807) is 0 Å². The highest BCUT2D eigenvalue weighted by atomic mass is 31.2. The summed E-state index contributed by atoms with van der Waals surface area (Å²) in [7, 11) is -8.03. The van der Waals surface area contributed by atoms with Gasteiger partial charge in [0.05, 0.1) is 0 Å². The summed E-state index contributed by atoms with van der Waals surface area (Å²) in [6, 6.07) is 0. The molecule has 1 heterocycles. The highest BCUT2D eigenvalue weighted by Gasteiger charge is 2.44. The van der Waals surface area contributed by atoms with Crippen molar-refractivity contribution in [3.05, 3.63) is 25.3 Å². The summed E-state index contributed by atoms with van der Waals surface area (Å²) >= 11 is 0. The molecule has 10 nitrogen and oxygen atoms in total. The minimum Gasteiger partial charge on any atom is -0.336 e. The molecule has 1 aliphatic rings. The lowest BCUT2D eigenvalue weighted by molar-refractivity contribution is -0.125. The third-order valence-corrected chi connectivity index (χ3v) is 4.97. The number of hydrogen-bond acceptors (Lipinski definition) is 4. The van der Waals surface area contributed by atoms with E-state index < -0.39 is 32.7 Å². The molecular formula is C10H17N3O7P2. The van der Waals surface area contributed by atoms with Crippen LogP contribution in [0.15, 0.2) is 30.3 Å². The van der Waals surface area contributed by atoms with E-state index in [-0.39, 0.29) is 12.5 Å². The normalized spacial score (nSPS) is 21.1. The van der Waals surface area contributed by atoms with E-state index in [0.29, 0.717) is 4.90 Å². The lowest BCUT2D eigenvalue weighted by Gasteiger charge is -2.27. The zero-order valence-electron chi connectivity index (χ0n) is 11.7. The number of carbonyl (C=O) groups excluding carboxylic acids is 1. The lowest BCUT2D eigenvalue weighted by atomic mass is 10.5. The average molecular weight is 353 g/mol. The number of carbonyl (C=O) groups is 1. The van der Waals surface area contributed by atoms with Gasteiger partial charge in [-0.25, -0.2) is 4.99 Å². The molecule has 2 unspecified atom stereocenters. The van der Waals surface area contributed by atoms with Crippen molar-refractivity contribution in [3.8, 4) is 0 Å². The van der Waals surface area contributed by atoms with Crippen molar-refractivity contribution in [3.63, 3.8) is 0 Å². The largest absolute Gasteiger partial charge is 0.353 e. The van der Waals surface area contributed by atoms with Crippen molar-refractivity contribution >= 4 is 27.1 Å². The van der Waals surface area contributed by atoms with Crippen LogP contribution >= 0.6 is 15.2 Å². The molecule has 0 bridgehead atoms. The Kier molecular flexibility index (Phi) is 5.51. The second-order valence-corrected chi connectivity index (χ2v) is 7.94. The predicted molar refractivity (Wildman–Crippen MR) is 79.0 cm³/mol. The zero-order valence-corrected chi connectivity index (χ0v) is 13.5. The summed E-state index contributed by atoms with van der Waals surface area (Å²) in [6.45, 7) is 6.30. The van der Waals surface area contributed by atoms with Crippen molar-refractivity contribution < 1.29 is 33.5 Å². The Labute approximate surface area is 126 Å². The van der Waals surface area contributed by atoms with E-state index in [9.17, 15) is 23.7 Å². The van der Waals surface area contributed by atoms with Gasteiger partial charge >= 0.3 is 15.2 Å². The van der Waals surface area contributed by atoms with Crippen molar-refractivity contribution in [2.75, 3.05) is 13.6 Å². The smallest absolute Gasteiger partial charge is 0.336 e. The molecule has 0 aliphatic carbocycles. The van der Waals surface area contributed by atoms with Crippen LogP contribution in [0.25, 0.3) is 0 Å². The van der Waals surface area contributed by atoms with Gasteiger partial charge in [-0.1, -0.05) is 12.2 Å². The number of nitrogens with zero attached hydrogens (tertiary/aromatic N) is 3. The molecule has 4 N–H and O–H groups in total. The number of aliphatic imine (C=N–C) groups is 1. The molecule has 0 aromatic carbocycles. The third-order valence-electron chi connectivity index (χ3n) is 2.82. The van der Waals surface area contributed by atoms with Crippen LogP contribution in [-0.2, 0) is 13.9 Å². The number of likely N-dealkylation sites (N-methyl/N-ethyl adjacent to an activating group) is 1. The minimum atomic E-state index is -4.76.